The average Bonchev–Trinajstić information content (AvgIpc) is 3.11. The molecule has 1 aromatic rings. The van der Waals surface area contributed by atoms with E-state index in [1.165, 1.54) is 109 Å². The zero-order valence-electron chi connectivity index (χ0n) is 16.2. The van der Waals surface area contributed by atoms with Crippen molar-refractivity contribution in [3.63, 3.8) is 0 Å². The standard InChI is InChI=1S/C21H41N3/c1-2-3-4-5-6-7-8-9-10-11-12-13-14-15-16-17-18-19-24-21-22-20-23-24/h20-21H,2-19H2,1H3. The predicted molar refractivity (Wildman–Crippen MR) is 104 cm³/mol. The number of hydrogen-bond acceptors (Lipinski definition) is 2. The van der Waals surface area contributed by atoms with Crippen LogP contribution in [0.25, 0.3) is 0 Å². The number of hydrogen-bond donors (Lipinski definition) is 0. The summed E-state index contributed by atoms with van der Waals surface area (Å²) in [6, 6.07) is 0. The Morgan fingerprint density at radius 2 is 1.00 bits per heavy atom. The Kier molecular flexibility index (Phi) is 15.0. The topological polar surface area (TPSA) is 30.7 Å². The highest BCUT2D eigenvalue weighted by atomic mass is 15.3. The lowest BCUT2D eigenvalue weighted by molar-refractivity contribution is 0.508. The van der Waals surface area contributed by atoms with Crippen molar-refractivity contribution in [3.8, 4) is 0 Å². The third-order valence-corrected chi connectivity index (χ3v) is 4.96. The molecule has 3 heteroatoms. The molecule has 3 nitrogen and oxygen atoms in total. The smallest absolute Gasteiger partial charge is 0.137 e. The molecule has 24 heavy (non-hydrogen) atoms. The molecule has 0 atom stereocenters. The number of rotatable bonds is 18. The maximum absolute atomic E-state index is 4.13. The van der Waals surface area contributed by atoms with Crippen LogP contribution >= 0.6 is 0 Å². The molecule has 1 aromatic heterocycles. The van der Waals surface area contributed by atoms with E-state index in [1.54, 1.807) is 6.33 Å². The fourth-order valence-electron chi connectivity index (χ4n) is 3.35. The molecule has 0 fully saturated rings. The minimum Gasteiger partial charge on any atom is -0.253 e. The summed E-state index contributed by atoms with van der Waals surface area (Å²) in [5, 5.41) is 4.13. The lowest BCUT2D eigenvalue weighted by Crippen LogP contribution is -1.97. The lowest BCUT2D eigenvalue weighted by Gasteiger charge is -2.04. The van der Waals surface area contributed by atoms with Gasteiger partial charge in [0, 0.05) is 6.54 Å². The van der Waals surface area contributed by atoms with Crippen LogP contribution in [0.3, 0.4) is 0 Å². The molecular weight excluding hydrogens is 294 g/mol. The molecule has 0 saturated heterocycles. The SMILES string of the molecule is CCCCCCCCCCCCCCCCCCCn1cncn1. The van der Waals surface area contributed by atoms with Crippen LogP contribution in [-0.4, -0.2) is 14.8 Å². The van der Waals surface area contributed by atoms with Gasteiger partial charge < -0.3 is 0 Å². The molecule has 0 saturated carbocycles. The normalized spacial score (nSPS) is 11.2. The molecule has 0 amide bonds. The summed E-state index contributed by atoms with van der Waals surface area (Å²) in [7, 11) is 0. The van der Waals surface area contributed by atoms with Crippen molar-refractivity contribution < 1.29 is 0 Å². The molecule has 0 spiro atoms. The number of aromatic nitrogens is 3. The van der Waals surface area contributed by atoms with E-state index >= 15 is 0 Å². The molecule has 0 unspecified atom stereocenters. The molecule has 0 aliphatic rings. The van der Waals surface area contributed by atoms with Crippen LogP contribution in [-0.2, 0) is 6.54 Å². The zero-order valence-corrected chi connectivity index (χ0v) is 16.2. The highest BCUT2D eigenvalue weighted by molar-refractivity contribution is 4.56. The first-order valence-electron chi connectivity index (χ1n) is 10.8. The summed E-state index contributed by atoms with van der Waals surface area (Å²) in [5.41, 5.74) is 0. The van der Waals surface area contributed by atoms with Crippen molar-refractivity contribution in [1.29, 1.82) is 0 Å². The summed E-state index contributed by atoms with van der Waals surface area (Å²) in [6.45, 7) is 3.32. The molecule has 0 radical (unpaired) electrons. The maximum atomic E-state index is 4.13. The highest BCUT2D eigenvalue weighted by Crippen LogP contribution is 2.14. The van der Waals surface area contributed by atoms with Crippen molar-refractivity contribution in [3.05, 3.63) is 12.7 Å². The average molecular weight is 336 g/mol. The first-order valence-corrected chi connectivity index (χ1v) is 10.8. The molecule has 0 bridgehead atoms. The van der Waals surface area contributed by atoms with E-state index in [0.717, 1.165) is 6.54 Å². The molecule has 0 N–H and O–H groups in total. The molecule has 0 aromatic carbocycles. The van der Waals surface area contributed by atoms with E-state index in [9.17, 15) is 0 Å². The van der Waals surface area contributed by atoms with Crippen LogP contribution in [0.5, 0.6) is 0 Å². The van der Waals surface area contributed by atoms with E-state index in [4.69, 9.17) is 0 Å². The Balaban J connectivity index is 1.66. The molecule has 140 valence electrons. The Labute approximate surface area is 150 Å². The van der Waals surface area contributed by atoms with Crippen LogP contribution in [0.4, 0.5) is 0 Å². The van der Waals surface area contributed by atoms with E-state index in [1.807, 2.05) is 11.0 Å². The third-order valence-electron chi connectivity index (χ3n) is 4.96. The van der Waals surface area contributed by atoms with Crippen LogP contribution in [0.1, 0.15) is 116 Å². The van der Waals surface area contributed by atoms with Gasteiger partial charge in [-0.2, -0.15) is 5.10 Å². The largest absolute Gasteiger partial charge is 0.253 e. The van der Waals surface area contributed by atoms with Crippen molar-refractivity contribution in [1.82, 2.24) is 14.8 Å². The van der Waals surface area contributed by atoms with Crippen molar-refractivity contribution in [2.45, 2.75) is 123 Å². The quantitative estimate of drug-likeness (QED) is 0.272. The van der Waals surface area contributed by atoms with Crippen LogP contribution in [0.2, 0.25) is 0 Å². The van der Waals surface area contributed by atoms with Gasteiger partial charge in [-0.3, -0.25) is 4.68 Å². The Morgan fingerprint density at radius 3 is 1.38 bits per heavy atom. The van der Waals surface area contributed by atoms with Gasteiger partial charge in [0.1, 0.15) is 12.7 Å². The summed E-state index contributed by atoms with van der Waals surface area (Å²) < 4.78 is 1.94. The van der Waals surface area contributed by atoms with Gasteiger partial charge in [0.25, 0.3) is 0 Å². The van der Waals surface area contributed by atoms with Gasteiger partial charge in [-0.15, -0.1) is 0 Å². The highest BCUT2D eigenvalue weighted by Gasteiger charge is 1.95. The maximum Gasteiger partial charge on any atom is 0.137 e. The summed E-state index contributed by atoms with van der Waals surface area (Å²) in [4.78, 5) is 3.97. The molecule has 1 heterocycles. The van der Waals surface area contributed by atoms with Gasteiger partial charge in [-0.05, 0) is 6.42 Å². The van der Waals surface area contributed by atoms with Crippen molar-refractivity contribution >= 4 is 0 Å². The zero-order chi connectivity index (χ0) is 17.1. The van der Waals surface area contributed by atoms with E-state index < -0.39 is 0 Å². The van der Waals surface area contributed by atoms with Gasteiger partial charge in [0.15, 0.2) is 0 Å². The Bertz CT molecular complexity index is 335. The number of unbranched alkanes of at least 4 members (excludes halogenated alkanes) is 16. The fourth-order valence-corrected chi connectivity index (χ4v) is 3.35. The van der Waals surface area contributed by atoms with Crippen LogP contribution < -0.4 is 0 Å². The lowest BCUT2D eigenvalue weighted by atomic mass is 10.0. The van der Waals surface area contributed by atoms with Gasteiger partial charge in [-0.1, -0.05) is 110 Å². The van der Waals surface area contributed by atoms with Gasteiger partial charge >= 0.3 is 0 Å². The van der Waals surface area contributed by atoms with Crippen LogP contribution in [0, 0.1) is 0 Å². The summed E-state index contributed by atoms with van der Waals surface area (Å²) in [6.07, 6.45) is 27.6. The molecule has 0 aliphatic carbocycles. The second-order valence-corrected chi connectivity index (χ2v) is 7.32. The van der Waals surface area contributed by atoms with E-state index in [-0.39, 0.29) is 0 Å². The second kappa shape index (κ2) is 17.0. The van der Waals surface area contributed by atoms with Gasteiger partial charge in [0.2, 0.25) is 0 Å². The third kappa shape index (κ3) is 13.6. The van der Waals surface area contributed by atoms with E-state index in [2.05, 4.69) is 17.0 Å². The number of aryl methyl sites for hydroxylation is 1. The predicted octanol–water partition coefficient (Wildman–Crippen LogP) is 6.93. The summed E-state index contributed by atoms with van der Waals surface area (Å²) in [5.74, 6) is 0. The van der Waals surface area contributed by atoms with Crippen molar-refractivity contribution in [2.75, 3.05) is 0 Å². The Morgan fingerprint density at radius 1 is 0.583 bits per heavy atom. The monoisotopic (exact) mass is 335 g/mol. The Hall–Kier alpha value is -0.860. The van der Waals surface area contributed by atoms with Crippen LogP contribution in [0.15, 0.2) is 12.7 Å². The van der Waals surface area contributed by atoms with Gasteiger partial charge in [0.05, 0.1) is 0 Å². The van der Waals surface area contributed by atoms with Crippen molar-refractivity contribution in [2.24, 2.45) is 0 Å². The van der Waals surface area contributed by atoms with E-state index in [0.29, 0.717) is 0 Å². The second-order valence-electron chi connectivity index (χ2n) is 7.32. The molecular formula is C21H41N3. The minimum absolute atomic E-state index is 1.03. The molecule has 0 aliphatic heterocycles. The minimum atomic E-state index is 1.03. The first-order chi connectivity index (χ1) is 11.9. The summed E-state index contributed by atoms with van der Waals surface area (Å²) >= 11 is 0. The first kappa shape index (κ1) is 21.2. The number of nitrogens with zero attached hydrogens (tertiary/aromatic N) is 3. The molecule has 1 rings (SSSR count). The fraction of sp³-hybridized carbons (Fsp3) is 0.905. The van der Waals surface area contributed by atoms with Gasteiger partial charge in [-0.25, -0.2) is 4.98 Å².